The highest BCUT2D eigenvalue weighted by atomic mass is 16.3. The molecule has 2 atom stereocenters. The number of nitrogens with zero attached hydrogens (tertiary/aromatic N) is 1. The summed E-state index contributed by atoms with van der Waals surface area (Å²) in [6.07, 6.45) is 6.20. The molecule has 0 aliphatic carbocycles. The maximum Gasteiger partial charge on any atom is 0.122 e. The van der Waals surface area contributed by atoms with Crippen molar-refractivity contribution in [3.8, 4) is 0 Å². The highest BCUT2D eigenvalue weighted by Crippen LogP contribution is 2.09. The number of imidazole rings is 1. The topological polar surface area (TPSA) is 53.9 Å². The van der Waals surface area contributed by atoms with E-state index in [9.17, 15) is 0 Å². The van der Waals surface area contributed by atoms with Gasteiger partial charge in [-0.2, -0.15) is 0 Å². The van der Waals surface area contributed by atoms with Crippen LogP contribution in [0.25, 0.3) is 0 Å². The van der Waals surface area contributed by atoms with Crippen LogP contribution in [0.5, 0.6) is 0 Å². The number of hydrogen-bond donors (Lipinski definition) is 2. The average Bonchev–Trinajstić information content (AvgIpc) is 2.88. The molecule has 0 fully saturated rings. The molecule has 0 aromatic carbocycles. The van der Waals surface area contributed by atoms with Crippen LogP contribution in [-0.2, 0) is 6.42 Å². The van der Waals surface area contributed by atoms with Gasteiger partial charge in [-0.25, -0.2) is 4.98 Å². The van der Waals surface area contributed by atoms with Crippen LogP contribution in [0.3, 0.4) is 0 Å². The van der Waals surface area contributed by atoms with Gasteiger partial charge in [0.15, 0.2) is 0 Å². The van der Waals surface area contributed by atoms with Crippen molar-refractivity contribution in [1.82, 2.24) is 15.3 Å². The van der Waals surface area contributed by atoms with Gasteiger partial charge >= 0.3 is 0 Å². The van der Waals surface area contributed by atoms with Gasteiger partial charge in [-0.05, 0) is 26.0 Å². The van der Waals surface area contributed by atoms with Crippen LogP contribution in [0.2, 0.25) is 0 Å². The van der Waals surface area contributed by atoms with Crippen molar-refractivity contribution in [3.63, 3.8) is 0 Å². The normalized spacial score (nSPS) is 14.9. The number of furan rings is 1. The first-order valence-electron chi connectivity index (χ1n) is 5.53. The van der Waals surface area contributed by atoms with Crippen molar-refractivity contribution >= 4 is 0 Å². The standard InChI is InChI=1S/C12H17N3O/c1-9(8-11-4-3-7-16-11)15-10(2)12-13-5-6-14-12/h3-7,9-10,15H,8H2,1-2H3,(H,13,14). The fourth-order valence-electron chi connectivity index (χ4n) is 1.81. The van der Waals surface area contributed by atoms with E-state index in [1.165, 1.54) is 0 Å². The van der Waals surface area contributed by atoms with Crippen molar-refractivity contribution in [2.24, 2.45) is 0 Å². The molecule has 86 valence electrons. The molecule has 0 radical (unpaired) electrons. The first kappa shape index (κ1) is 11.0. The largest absolute Gasteiger partial charge is 0.469 e. The summed E-state index contributed by atoms with van der Waals surface area (Å²) < 4.78 is 5.31. The molecule has 2 aromatic rings. The zero-order valence-electron chi connectivity index (χ0n) is 9.60. The number of H-pyrrole nitrogens is 1. The second-order valence-corrected chi connectivity index (χ2v) is 4.05. The average molecular weight is 219 g/mol. The summed E-state index contributed by atoms with van der Waals surface area (Å²) in [6, 6.07) is 4.49. The Morgan fingerprint density at radius 2 is 2.38 bits per heavy atom. The third kappa shape index (κ3) is 2.73. The van der Waals surface area contributed by atoms with Crippen molar-refractivity contribution in [1.29, 1.82) is 0 Å². The minimum absolute atomic E-state index is 0.222. The van der Waals surface area contributed by atoms with Crippen LogP contribution in [0, 0.1) is 0 Å². The van der Waals surface area contributed by atoms with Crippen molar-refractivity contribution < 1.29 is 4.42 Å². The lowest BCUT2D eigenvalue weighted by atomic mass is 10.1. The number of rotatable bonds is 5. The van der Waals surface area contributed by atoms with Crippen LogP contribution in [0.15, 0.2) is 35.2 Å². The smallest absolute Gasteiger partial charge is 0.122 e. The highest BCUT2D eigenvalue weighted by Gasteiger charge is 2.12. The molecule has 0 amide bonds. The molecule has 2 N–H and O–H groups in total. The lowest BCUT2D eigenvalue weighted by molar-refractivity contribution is 0.422. The second kappa shape index (κ2) is 4.99. The molecule has 4 nitrogen and oxygen atoms in total. The number of aromatic nitrogens is 2. The minimum atomic E-state index is 0.222. The molecule has 0 bridgehead atoms. The maximum absolute atomic E-state index is 5.31. The Labute approximate surface area is 95.1 Å². The van der Waals surface area contributed by atoms with Crippen LogP contribution in [0.1, 0.15) is 31.5 Å². The SMILES string of the molecule is CC(Cc1ccco1)NC(C)c1ncc[nH]1. The van der Waals surface area contributed by atoms with E-state index in [4.69, 9.17) is 4.42 Å². The number of nitrogens with one attached hydrogen (secondary N) is 2. The Hall–Kier alpha value is -1.55. The predicted octanol–water partition coefficient (Wildman–Crippen LogP) is 2.28. The Morgan fingerprint density at radius 3 is 3.00 bits per heavy atom. The molecule has 0 saturated heterocycles. The fourth-order valence-corrected chi connectivity index (χ4v) is 1.81. The first-order chi connectivity index (χ1) is 7.75. The van der Waals surface area contributed by atoms with Crippen molar-refractivity contribution in [2.45, 2.75) is 32.4 Å². The molecule has 16 heavy (non-hydrogen) atoms. The van der Waals surface area contributed by atoms with E-state index < -0.39 is 0 Å². The van der Waals surface area contributed by atoms with E-state index in [1.54, 1.807) is 12.5 Å². The van der Waals surface area contributed by atoms with E-state index in [2.05, 4.69) is 29.1 Å². The summed E-state index contributed by atoms with van der Waals surface area (Å²) in [4.78, 5) is 7.33. The van der Waals surface area contributed by atoms with Gasteiger partial charge in [-0.1, -0.05) is 0 Å². The first-order valence-corrected chi connectivity index (χ1v) is 5.53. The summed E-state index contributed by atoms with van der Waals surface area (Å²) in [5.41, 5.74) is 0. The Balaban J connectivity index is 1.85. The molecule has 2 aromatic heterocycles. The molecule has 0 aliphatic heterocycles. The zero-order valence-corrected chi connectivity index (χ0v) is 9.60. The van der Waals surface area contributed by atoms with Crippen LogP contribution in [-0.4, -0.2) is 16.0 Å². The van der Waals surface area contributed by atoms with Gasteiger partial charge in [-0.3, -0.25) is 0 Å². The summed E-state index contributed by atoms with van der Waals surface area (Å²) in [6.45, 7) is 4.24. The van der Waals surface area contributed by atoms with Gasteiger partial charge in [0.05, 0.1) is 12.3 Å². The molecule has 2 unspecified atom stereocenters. The van der Waals surface area contributed by atoms with Gasteiger partial charge in [0.1, 0.15) is 11.6 Å². The predicted molar refractivity (Wildman–Crippen MR) is 62.0 cm³/mol. The van der Waals surface area contributed by atoms with Crippen molar-refractivity contribution in [2.75, 3.05) is 0 Å². The maximum atomic E-state index is 5.31. The van der Waals surface area contributed by atoms with E-state index in [1.807, 2.05) is 18.3 Å². The highest BCUT2D eigenvalue weighted by molar-refractivity contribution is 5.01. The lowest BCUT2D eigenvalue weighted by Gasteiger charge is -2.17. The lowest BCUT2D eigenvalue weighted by Crippen LogP contribution is -2.31. The Kier molecular flexibility index (Phi) is 3.41. The molecule has 4 heteroatoms. The molecular formula is C12H17N3O. The molecule has 2 heterocycles. The summed E-state index contributed by atoms with van der Waals surface area (Å²) >= 11 is 0. The Morgan fingerprint density at radius 1 is 1.50 bits per heavy atom. The summed E-state index contributed by atoms with van der Waals surface area (Å²) in [7, 11) is 0. The summed E-state index contributed by atoms with van der Waals surface area (Å²) in [5, 5.41) is 3.47. The van der Waals surface area contributed by atoms with Gasteiger partial charge in [-0.15, -0.1) is 0 Å². The van der Waals surface area contributed by atoms with Gasteiger partial charge in [0.2, 0.25) is 0 Å². The van der Waals surface area contributed by atoms with Crippen molar-refractivity contribution in [3.05, 3.63) is 42.4 Å². The third-order valence-electron chi connectivity index (χ3n) is 2.55. The van der Waals surface area contributed by atoms with E-state index >= 15 is 0 Å². The second-order valence-electron chi connectivity index (χ2n) is 4.05. The van der Waals surface area contributed by atoms with E-state index in [-0.39, 0.29) is 6.04 Å². The number of hydrogen-bond acceptors (Lipinski definition) is 3. The molecule has 0 spiro atoms. The molecule has 0 saturated carbocycles. The van der Waals surface area contributed by atoms with E-state index in [0.717, 1.165) is 18.0 Å². The van der Waals surface area contributed by atoms with E-state index in [0.29, 0.717) is 6.04 Å². The van der Waals surface area contributed by atoms with Crippen LogP contribution >= 0.6 is 0 Å². The third-order valence-corrected chi connectivity index (χ3v) is 2.55. The summed E-state index contributed by atoms with van der Waals surface area (Å²) in [5.74, 6) is 1.97. The van der Waals surface area contributed by atoms with Gasteiger partial charge in [0, 0.05) is 24.9 Å². The number of aromatic amines is 1. The van der Waals surface area contributed by atoms with Crippen LogP contribution in [0.4, 0.5) is 0 Å². The van der Waals surface area contributed by atoms with Gasteiger partial charge in [0.25, 0.3) is 0 Å². The van der Waals surface area contributed by atoms with Crippen LogP contribution < -0.4 is 5.32 Å². The minimum Gasteiger partial charge on any atom is -0.469 e. The fraction of sp³-hybridized carbons (Fsp3) is 0.417. The molecule has 0 aliphatic rings. The molecule has 2 rings (SSSR count). The zero-order chi connectivity index (χ0) is 11.4. The Bertz CT molecular complexity index is 394. The van der Waals surface area contributed by atoms with Gasteiger partial charge < -0.3 is 14.7 Å². The molecular weight excluding hydrogens is 202 g/mol. The monoisotopic (exact) mass is 219 g/mol. The quantitative estimate of drug-likeness (QED) is 0.811.